The van der Waals surface area contributed by atoms with Crippen LogP contribution in [-0.2, 0) is 19.4 Å². The van der Waals surface area contributed by atoms with Crippen LogP contribution in [0.15, 0.2) is 35.9 Å². The molecule has 0 aromatic carbocycles. The highest BCUT2D eigenvalue weighted by Gasteiger charge is 2.20. The third-order valence-electron chi connectivity index (χ3n) is 5.61. The Bertz CT molecular complexity index is 1040. The molecular weight excluding hydrogens is 370 g/mol. The zero-order valence-corrected chi connectivity index (χ0v) is 16.2. The maximum atomic E-state index is 12.3. The molecule has 10 nitrogen and oxygen atoms in total. The summed E-state index contributed by atoms with van der Waals surface area (Å²) in [6, 6.07) is 1.77. The lowest BCUT2D eigenvalue weighted by Gasteiger charge is -2.35. The normalized spacial score (nSPS) is 16.9. The zero-order chi connectivity index (χ0) is 19.6. The number of hydrogen-bond donors (Lipinski definition) is 0. The molecule has 1 aliphatic heterocycles. The van der Waals surface area contributed by atoms with Crippen LogP contribution >= 0.6 is 0 Å². The lowest BCUT2D eigenvalue weighted by molar-refractivity contribution is 0.242. The van der Waals surface area contributed by atoms with Crippen molar-refractivity contribution >= 4 is 5.82 Å². The van der Waals surface area contributed by atoms with Gasteiger partial charge in [0.15, 0.2) is 5.82 Å². The monoisotopic (exact) mass is 393 g/mol. The zero-order valence-electron chi connectivity index (χ0n) is 16.2. The number of aryl methyl sites for hydroxylation is 2. The number of nitrogens with zero attached hydrogens (tertiary/aromatic N) is 9. The number of rotatable bonds is 5. The van der Waals surface area contributed by atoms with E-state index in [0.717, 1.165) is 69.1 Å². The van der Waals surface area contributed by atoms with Crippen LogP contribution in [0, 0.1) is 0 Å². The molecule has 4 heterocycles. The number of hydrogen-bond acceptors (Lipinski definition) is 8. The van der Waals surface area contributed by atoms with Crippen molar-refractivity contribution in [2.45, 2.75) is 25.8 Å². The molecule has 0 atom stereocenters. The van der Waals surface area contributed by atoms with E-state index in [4.69, 9.17) is 0 Å². The molecule has 0 radical (unpaired) electrons. The van der Waals surface area contributed by atoms with Gasteiger partial charge in [-0.25, -0.2) is 19.3 Å². The van der Waals surface area contributed by atoms with Gasteiger partial charge in [0.25, 0.3) is 5.56 Å². The van der Waals surface area contributed by atoms with Crippen LogP contribution in [0.5, 0.6) is 0 Å². The van der Waals surface area contributed by atoms with E-state index < -0.39 is 0 Å². The summed E-state index contributed by atoms with van der Waals surface area (Å²) in [7, 11) is 0. The van der Waals surface area contributed by atoms with E-state index in [2.05, 4.69) is 34.9 Å². The Morgan fingerprint density at radius 1 is 0.966 bits per heavy atom. The first-order valence-electron chi connectivity index (χ1n) is 10.0. The Kier molecular flexibility index (Phi) is 4.76. The number of anilines is 1. The smallest absolute Gasteiger partial charge is 0.267 e. The Morgan fingerprint density at radius 3 is 2.66 bits per heavy atom. The fraction of sp³-hybridized carbons (Fsp3) is 0.474. The molecule has 0 N–H and O–H groups in total. The van der Waals surface area contributed by atoms with Gasteiger partial charge in [0.1, 0.15) is 18.5 Å². The second-order valence-corrected chi connectivity index (χ2v) is 7.44. The van der Waals surface area contributed by atoms with Crippen molar-refractivity contribution in [1.82, 2.24) is 39.4 Å². The molecule has 29 heavy (non-hydrogen) atoms. The molecule has 3 aromatic heterocycles. The van der Waals surface area contributed by atoms with Crippen molar-refractivity contribution in [3.05, 3.63) is 52.7 Å². The van der Waals surface area contributed by atoms with E-state index in [1.165, 1.54) is 6.33 Å². The molecule has 0 saturated carbocycles. The summed E-state index contributed by atoms with van der Waals surface area (Å²) >= 11 is 0. The van der Waals surface area contributed by atoms with Gasteiger partial charge in [0.2, 0.25) is 0 Å². The van der Waals surface area contributed by atoms with Gasteiger partial charge < -0.3 is 4.90 Å². The van der Waals surface area contributed by atoms with Crippen molar-refractivity contribution in [3.63, 3.8) is 0 Å². The molecule has 5 rings (SSSR count). The maximum absolute atomic E-state index is 12.3. The van der Waals surface area contributed by atoms with Crippen molar-refractivity contribution in [3.8, 4) is 5.82 Å². The van der Waals surface area contributed by atoms with Crippen LogP contribution in [0.3, 0.4) is 0 Å². The molecule has 1 aliphatic carbocycles. The van der Waals surface area contributed by atoms with Crippen LogP contribution in [0.2, 0.25) is 0 Å². The van der Waals surface area contributed by atoms with Gasteiger partial charge in [0, 0.05) is 38.8 Å². The van der Waals surface area contributed by atoms with Gasteiger partial charge in [-0.3, -0.25) is 14.7 Å². The molecule has 3 aromatic rings. The van der Waals surface area contributed by atoms with Crippen LogP contribution in [0.1, 0.15) is 17.7 Å². The molecule has 1 fully saturated rings. The number of fused-ring (bicyclic) bond motifs is 1. The van der Waals surface area contributed by atoms with Crippen molar-refractivity contribution < 1.29 is 0 Å². The van der Waals surface area contributed by atoms with E-state index in [-0.39, 0.29) is 5.56 Å². The second kappa shape index (κ2) is 7.70. The van der Waals surface area contributed by atoms with E-state index in [1.807, 2.05) is 0 Å². The number of piperazine rings is 1. The summed E-state index contributed by atoms with van der Waals surface area (Å²) in [6.45, 7) is 5.01. The molecular formula is C19H23N9O. The van der Waals surface area contributed by atoms with E-state index in [9.17, 15) is 4.79 Å². The summed E-state index contributed by atoms with van der Waals surface area (Å²) in [5.41, 5.74) is 2.25. The lowest BCUT2D eigenvalue weighted by Crippen LogP contribution is -2.48. The van der Waals surface area contributed by atoms with E-state index >= 15 is 0 Å². The largest absolute Gasteiger partial charge is 0.353 e. The van der Waals surface area contributed by atoms with Gasteiger partial charge in [-0.2, -0.15) is 10.2 Å². The molecule has 150 valence electrons. The first-order valence-corrected chi connectivity index (χ1v) is 10.0. The third-order valence-corrected chi connectivity index (χ3v) is 5.61. The summed E-state index contributed by atoms with van der Waals surface area (Å²) < 4.78 is 3.23. The van der Waals surface area contributed by atoms with E-state index in [0.29, 0.717) is 12.4 Å². The summed E-state index contributed by atoms with van der Waals surface area (Å²) in [4.78, 5) is 29.8. The molecule has 0 bridgehead atoms. The summed E-state index contributed by atoms with van der Waals surface area (Å²) in [5.74, 6) is 1.50. The lowest BCUT2D eigenvalue weighted by atomic mass is 10.2. The Balaban J connectivity index is 1.18. The average molecular weight is 393 g/mol. The first kappa shape index (κ1) is 17.9. The van der Waals surface area contributed by atoms with Gasteiger partial charge in [-0.1, -0.05) is 0 Å². The van der Waals surface area contributed by atoms with Gasteiger partial charge >= 0.3 is 0 Å². The molecule has 0 spiro atoms. The first-order chi connectivity index (χ1) is 14.3. The minimum Gasteiger partial charge on any atom is -0.353 e. The van der Waals surface area contributed by atoms with Crippen molar-refractivity contribution in [2.75, 3.05) is 37.6 Å². The standard InChI is InChI=1S/C19H23N9O/c29-19-10-15-2-1-3-16(15)24-27(19)9-6-25-4-7-26(8-5-25)17-11-20-12-18(23-17)28-14-21-13-22-28/h10-14H,1-9H2. The van der Waals surface area contributed by atoms with E-state index in [1.54, 1.807) is 34.2 Å². The van der Waals surface area contributed by atoms with Crippen LogP contribution in [0.25, 0.3) is 5.82 Å². The quantitative estimate of drug-likeness (QED) is 0.594. The Morgan fingerprint density at radius 2 is 1.83 bits per heavy atom. The number of aromatic nitrogens is 7. The molecule has 1 saturated heterocycles. The van der Waals surface area contributed by atoms with Gasteiger partial charge in [-0.15, -0.1) is 0 Å². The fourth-order valence-corrected chi connectivity index (χ4v) is 3.97. The van der Waals surface area contributed by atoms with Crippen molar-refractivity contribution in [2.24, 2.45) is 0 Å². The highest BCUT2D eigenvalue weighted by molar-refractivity contribution is 5.39. The van der Waals surface area contributed by atoms with Crippen LogP contribution in [-0.4, -0.2) is 72.1 Å². The minimum absolute atomic E-state index is 0.0180. The minimum atomic E-state index is 0.0180. The average Bonchev–Trinajstić information content (AvgIpc) is 3.44. The summed E-state index contributed by atoms with van der Waals surface area (Å²) in [6.07, 6.45) is 9.63. The highest BCUT2D eigenvalue weighted by atomic mass is 16.1. The molecule has 0 unspecified atom stereocenters. The predicted molar refractivity (Wildman–Crippen MR) is 106 cm³/mol. The SMILES string of the molecule is O=c1cc2c(nn1CCN1CCN(c3cncc(-n4cncn4)n3)CC1)CCC2. The van der Waals surface area contributed by atoms with Crippen LogP contribution < -0.4 is 10.5 Å². The molecule has 10 heteroatoms. The highest BCUT2D eigenvalue weighted by Crippen LogP contribution is 2.17. The third kappa shape index (κ3) is 3.75. The summed E-state index contributed by atoms with van der Waals surface area (Å²) in [5, 5.41) is 8.68. The van der Waals surface area contributed by atoms with Crippen molar-refractivity contribution in [1.29, 1.82) is 0 Å². The fourth-order valence-electron chi connectivity index (χ4n) is 3.97. The second-order valence-electron chi connectivity index (χ2n) is 7.44. The van der Waals surface area contributed by atoms with Gasteiger partial charge in [0.05, 0.1) is 24.6 Å². The Labute approximate surface area is 167 Å². The predicted octanol–water partition coefficient (Wildman–Crippen LogP) is -0.0751. The topological polar surface area (TPSA) is 97.9 Å². The molecule has 2 aliphatic rings. The van der Waals surface area contributed by atoms with Crippen LogP contribution in [0.4, 0.5) is 5.82 Å². The maximum Gasteiger partial charge on any atom is 0.267 e. The molecule has 0 amide bonds. The Hall–Kier alpha value is -3.14. The van der Waals surface area contributed by atoms with Gasteiger partial charge in [-0.05, 0) is 24.8 Å².